The van der Waals surface area contributed by atoms with E-state index < -0.39 is 0 Å². The van der Waals surface area contributed by atoms with Crippen molar-refractivity contribution in [2.75, 3.05) is 31.1 Å². The van der Waals surface area contributed by atoms with Crippen LogP contribution in [0.5, 0.6) is 0 Å². The third-order valence-corrected chi connectivity index (χ3v) is 4.94. The second-order valence-electron chi connectivity index (χ2n) is 6.76. The Labute approximate surface area is 158 Å². The first kappa shape index (κ1) is 17.3. The van der Waals surface area contributed by atoms with Crippen molar-refractivity contribution in [3.05, 3.63) is 65.5 Å². The lowest BCUT2D eigenvalue weighted by Crippen LogP contribution is -2.49. The summed E-state index contributed by atoms with van der Waals surface area (Å²) in [4.78, 5) is 21.6. The number of piperazine rings is 1. The molecular formula is C21H22N4O2. The Morgan fingerprint density at radius 3 is 2.37 bits per heavy atom. The summed E-state index contributed by atoms with van der Waals surface area (Å²) >= 11 is 0. The number of carbonyl (C=O) groups is 1. The first-order valence-electron chi connectivity index (χ1n) is 9.13. The number of amides is 1. The normalized spacial score (nSPS) is 14.4. The molecule has 138 valence electrons. The summed E-state index contributed by atoms with van der Waals surface area (Å²) in [5.74, 6) is 0.944. The monoisotopic (exact) mass is 362 g/mol. The number of hydrogen-bond donors (Lipinski definition) is 0. The maximum absolute atomic E-state index is 13.1. The minimum atomic E-state index is 0.00545. The summed E-state index contributed by atoms with van der Waals surface area (Å²) < 4.78 is 5.28. The van der Waals surface area contributed by atoms with Crippen molar-refractivity contribution < 1.29 is 9.32 Å². The third-order valence-electron chi connectivity index (χ3n) is 4.94. The molecule has 6 heteroatoms. The van der Waals surface area contributed by atoms with Crippen LogP contribution in [0.25, 0.3) is 11.5 Å². The molecule has 0 atom stereocenters. The smallest absolute Gasteiger partial charge is 0.258 e. The SMILES string of the molecule is Cc1noc(-c2ccccc2C(=O)N2CCN(c3ccccc3C)CC2)n1. The molecule has 0 saturated carbocycles. The molecule has 0 N–H and O–H groups in total. The van der Waals surface area contributed by atoms with E-state index >= 15 is 0 Å². The summed E-state index contributed by atoms with van der Waals surface area (Å²) in [6.45, 7) is 6.89. The maximum atomic E-state index is 13.1. The molecule has 0 radical (unpaired) electrons. The molecule has 2 aromatic carbocycles. The van der Waals surface area contributed by atoms with E-state index in [1.165, 1.54) is 11.3 Å². The second kappa shape index (κ2) is 7.23. The van der Waals surface area contributed by atoms with Gasteiger partial charge in [-0.15, -0.1) is 0 Å². The number of benzene rings is 2. The predicted molar refractivity (Wildman–Crippen MR) is 104 cm³/mol. The van der Waals surface area contributed by atoms with E-state index in [1.807, 2.05) is 29.2 Å². The van der Waals surface area contributed by atoms with Gasteiger partial charge in [0.2, 0.25) is 0 Å². The van der Waals surface area contributed by atoms with Gasteiger partial charge in [0, 0.05) is 31.9 Å². The molecule has 1 aromatic heterocycles. The Balaban J connectivity index is 1.51. The number of hydrogen-bond acceptors (Lipinski definition) is 5. The Bertz CT molecular complexity index is 958. The molecule has 2 heterocycles. The molecule has 1 amide bonds. The largest absolute Gasteiger partial charge is 0.368 e. The molecule has 6 nitrogen and oxygen atoms in total. The molecule has 0 aliphatic carbocycles. The van der Waals surface area contributed by atoms with Gasteiger partial charge in [0.05, 0.1) is 11.1 Å². The Kier molecular flexibility index (Phi) is 4.62. The van der Waals surface area contributed by atoms with E-state index in [2.05, 4.69) is 46.2 Å². The minimum Gasteiger partial charge on any atom is -0.368 e. The molecule has 0 unspecified atom stereocenters. The zero-order valence-corrected chi connectivity index (χ0v) is 15.6. The molecule has 1 saturated heterocycles. The molecule has 1 aliphatic rings. The predicted octanol–water partition coefficient (Wildman–Crippen LogP) is 3.32. The maximum Gasteiger partial charge on any atom is 0.258 e. The number of aryl methyl sites for hydroxylation is 2. The van der Waals surface area contributed by atoms with Crippen LogP contribution in [0, 0.1) is 13.8 Å². The highest BCUT2D eigenvalue weighted by Gasteiger charge is 2.25. The van der Waals surface area contributed by atoms with Gasteiger partial charge in [-0.2, -0.15) is 4.98 Å². The van der Waals surface area contributed by atoms with E-state index in [-0.39, 0.29) is 5.91 Å². The summed E-state index contributed by atoms with van der Waals surface area (Å²) in [5.41, 5.74) is 3.79. The van der Waals surface area contributed by atoms with Crippen LogP contribution < -0.4 is 4.90 Å². The Morgan fingerprint density at radius 1 is 0.963 bits per heavy atom. The number of nitrogens with zero attached hydrogens (tertiary/aromatic N) is 4. The molecule has 1 fully saturated rings. The van der Waals surface area contributed by atoms with Crippen LogP contribution in [0.4, 0.5) is 5.69 Å². The fourth-order valence-corrected chi connectivity index (χ4v) is 3.50. The number of para-hydroxylation sites is 1. The minimum absolute atomic E-state index is 0.00545. The van der Waals surface area contributed by atoms with Gasteiger partial charge < -0.3 is 14.3 Å². The average molecular weight is 362 g/mol. The molecule has 3 aromatic rings. The van der Waals surface area contributed by atoms with E-state index in [9.17, 15) is 4.79 Å². The van der Waals surface area contributed by atoms with Crippen molar-refractivity contribution in [1.29, 1.82) is 0 Å². The highest BCUT2D eigenvalue weighted by Crippen LogP contribution is 2.25. The summed E-state index contributed by atoms with van der Waals surface area (Å²) in [5, 5.41) is 3.84. The van der Waals surface area contributed by atoms with Crippen LogP contribution in [0.2, 0.25) is 0 Å². The fourth-order valence-electron chi connectivity index (χ4n) is 3.50. The summed E-state index contributed by atoms with van der Waals surface area (Å²) in [7, 11) is 0. The Morgan fingerprint density at radius 2 is 1.67 bits per heavy atom. The summed E-state index contributed by atoms with van der Waals surface area (Å²) in [6.07, 6.45) is 0. The van der Waals surface area contributed by atoms with E-state index in [0.717, 1.165) is 13.1 Å². The van der Waals surface area contributed by atoms with Gasteiger partial charge in [0.1, 0.15) is 0 Å². The first-order chi connectivity index (χ1) is 13.1. The van der Waals surface area contributed by atoms with Gasteiger partial charge >= 0.3 is 0 Å². The lowest BCUT2D eigenvalue weighted by molar-refractivity contribution is 0.0747. The molecule has 1 aliphatic heterocycles. The van der Waals surface area contributed by atoms with Gasteiger partial charge in [-0.05, 0) is 37.6 Å². The zero-order chi connectivity index (χ0) is 18.8. The van der Waals surface area contributed by atoms with Gasteiger partial charge in [-0.25, -0.2) is 0 Å². The van der Waals surface area contributed by atoms with Crippen LogP contribution in [-0.4, -0.2) is 47.1 Å². The van der Waals surface area contributed by atoms with Crippen molar-refractivity contribution in [3.8, 4) is 11.5 Å². The van der Waals surface area contributed by atoms with Gasteiger partial charge in [-0.3, -0.25) is 4.79 Å². The van der Waals surface area contributed by atoms with E-state index in [4.69, 9.17) is 4.52 Å². The van der Waals surface area contributed by atoms with Crippen molar-refractivity contribution in [3.63, 3.8) is 0 Å². The standard InChI is InChI=1S/C21H22N4O2/c1-15-7-3-6-10-19(15)24-11-13-25(14-12-24)21(26)18-9-5-4-8-17(18)20-22-16(2)23-27-20/h3-10H,11-14H2,1-2H3. The molecule has 0 spiro atoms. The van der Waals surface area contributed by atoms with Crippen molar-refractivity contribution in [2.24, 2.45) is 0 Å². The highest BCUT2D eigenvalue weighted by molar-refractivity contribution is 6.00. The quantitative estimate of drug-likeness (QED) is 0.715. The molecule has 27 heavy (non-hydrogen) atoms. The van der Waals surface area contributed by atoms with Gasteiger partial charge in [0.15, 0.2) is 5.82 Å². The number of anilines is 1. The topological polar surface area (TPSA) is 62.5 Å². The zero-order valence-electron chi connectivity index (χ0n) is 15.6. The highest BCUT2D eigenvalue weighted by atomic mass is 16.5. The van der Waals surface area contributed by atoms with Crippen LogP contribution in [0.3, 0.4) is 0 Å². The van der Waals surface area contributed by atoms with Gasteiger partial charge in [-0.1, -0.05) is 35.5 Å². The number of aromatic nitrogens is 2. The molecule has 0 bridgehead atoms. The van der Waals surface area contributed by atoms with Crippen LogP contribution in [0.1, 0.15) is 21.7 Å². The third kappa shape index (κ3) is 3.43. The second-order valence-corrected chi connectivity index (χ2v) is 6.76. The molecule has 4 rings (SSSR count). The van der Waals surface area contributed by atoms with Gasteiger partial charge in [0.25, 0.3) is 11.8 Å². The number of rotatable bonds is 3. The first-order valence-corrected chi connectivity index (χ1v) is 9.13. The van der Waals surface area contributed by atoms with Crippen LogP contribution >= 0.6 is 0 Å². The average Bonchev–Trinajstić information content (AvgIpc) is 3.14. The lowest BCUT2D eigenvalue weighted by Gasteiger charge is -2.37. The Hall–Kier alpha value is -3.15. The van der Waals surface area contributed by atoms with E-state index in [0.29, 0.717) is 35.9 Å². The number of carbonyl (C=O) groups excluding carboxylic acids is 1. The van der Waals surface area contributed by atoms with E-state index in [1.54, 1.807) is 6.92 Å². The fraction of sp³-hybridized carbons (Fsp3) is 0.286. The summed E-state index contributed by atoms with van der Waals surface area (Å²) in [6, 6.07) is 15.8. The van der Waals surface area contributed by atoms with Crippen molar-refractivity contribution in [1.82, 2.24) is 15.0 Å². The lowest BCUT2D eigenvalue weighted by atomic mass is 10.1. The van der Waals surface area contributed by atoms with Crippen LogP contribution in [-0.2, 0) is 0 Å². The van der Waals surface area contributed by atoms with Crippen molar-refractivity contribution in [2.45, 2.75) is 13.8 Å². The van der Waals surface area contributed by atoms with Crippen molar-refractivity contribution >= 4 is 11.6 Å². The molecular weight excluding hydrogens is 340 g/mol. The van der Waals surface area contributed by atoms with Crippen LogP contribution in [0.15, 0.2) is 53.1 Å².